The number of hydrogen-bond acceptors (Lipinski definition) is 5. The Hall–Kier alpha value is -2.75. The van der Waals surface area contributed by atoms with Gasteiger partial charge in [0.05, 0.1) is 11.6 Å². The van der Waals surface area contributed by atoms with Gasteiger partial charge in [0.15, 0.2) is 0 Å². The van der Waals surface area contributed by atoms with Crippen LogP contribution in [0.2, 0.25) is 0 Å². The molecule has 0 saturated carbocycles. The summed E-state index contributed by atoms with van der Waals surface area (Å²) in [5.74, 6) is 0.225. The minimum absolute atomic E-state index is 0.0970. The van der Waals surface area contributed by atoms with Crippen LogP contribution in [0.25, 0.3) is 0 Å². The number of fused-ring (bicyclic) bond motifs is 1. The van der Waals surface area contributed by atoms with Crippen LogP contribution >= 0.6 is 0 Å². The molecule has 102 valence electrons. The largest absolute Gasteiger partial charge is 0.420 e. The third kappa shape index (κ3) is 1.58. The van der Waals surface area contributed by atoms with E-state index in [1.807, 2.05) is 27.1 Å². The van der Waals surface area contributed by atoms with E-state index in [-0.39, 0.29) is 11.8 Å². The second-order valence-electron chi connectivity index (χ2n) is 4.84. The zero-order chi connectivity index (χ0) is 14.4. The molecular formula is C13H14N6O. The van der Waals surface area contributed by atoms with Gasteiger partial charge in [0.1, 0.15) is 11.6 Å². The van der Waals surface area contributed by atoms with E-state index in [2.05, 4.69) is 21.4 Å². The van der Waals surface area contributed by atoms with Crippen LogP contribution in [0.5, 0.6) is 5.88 Å². The Morgan fingerprint density at radius 1 is 1.50 bits per heavy atom. The number of aryl methyl sites for hydroxylation is 3. The first-order chi connectivity index (χ1) is 9.52. The Morgan fingerprint density at radius 3 is 2.85 bits per heavy atom. The summed E-state index contributed by atoms with van der Waals surface area (Å²) in [6.07, 6.45) is 1.90. The van der Waals surface area contributed by atoms with E-state index in [4.69, 9.17) is 10.5 Å². The predicted molar refractivity (Wildman–Crippen MR) is 70.6 cm³/mol. The van der Waals surface area contributed by atoms with Crippen molar-refractivity contribution in [1.82, 2.24) is 20.0 Å². The number of nitrogens with one attached hydrogen (secondary N) is 1. The second-order valence-corrected chi connectivity index (χ2v) is 4.84. The molecule has 1 aliphatic heterocycles. The van der Waals surface area contributed by atoms with E-state index in [1.165, 1.54) is 0 Å². The summed E-state index contributed by atoms with van der Waals surface area (Å²) in [6.45, 7) is 3.80. The number of nitriles is 1. The topological polar surface area (TPSA) is 106 Å². The summed E-state index contributed by atoms with van der Waals surface area (Å²) in [5, 5.41) is 20.7. The van der Waals surface area contributed by atoms with Crippen molar-refractivity contribution in [3.05, 3.63) is 40.2 Å². The van der Waals surface area contributed by atoms with E-state index in [0.29, 0.717) is 11.5 Å². The van der Waals surface area contributed by atoms with Crippen LogP contribution in [-0.2, 0) is 7.05 Å². The lowest BCUT2D eigenvalue weighted by atomic mass is 9.84. The first-order valence-corrected chi connectivity index (χ1v) is 6.15. The molecule has 2 aromatic rings. The van der Waals surface area contributed by atoms with Crippen LogP contribution < -0.4 is 10.5 Å². The molecule has 0 bridgehead atoms. The summed E-state index contributed by atoms with van der Waals surface area (Å²) in [6, 6.07) is 2.15. The van der Waals surface area contributed by atoms with Crippen LogP contribution in [0.1, 0.15) is 28.4 Å². The number of aromatic amines is 1. The highest BCUT2D eigenvalue weighted by atomic mass is 16.5. The van der Waals surface area contributed by atoms with Crippen LogP contribution in [-0.4, -0.2) is 20.0 Å². The first kappa shape index (κ1) is 12.3. The normalized spacial score (nSPS) is 17.6. The first-order valence-electron chi connectivity index (χ1n) is 6.15. The Morgan fingerprint density at radius 2 is 2.25 bits per heavy atom. The molecule has 7 nitrogen and oxygen atoms in total. The smallest absolute Gasteiger partial charge is 0.244 e. The molecular weight excluding hydrogens is 256 g/mol. The Balaban J connectivity index is 2.28. The summed E-state index contributed by atoms with van der Waals surface area (Å²) >= 11 is 0. The van der Waals surface area contributed by atoms with Gasteiger partial charge in [0.2, 0.25) is 11.8 Å². The van der Waals surface area contributed by atoms with Crippen molar-refractivity contribution in [2.75, 3.05) is 0 Å². The molecule has 0 unspecified atom stereocenters. The lowest BCUT2D eigenvalue weighted by molar-refractivity contribution is 0.378. The van der Waals surface area contributed by atoms with Crippen molar-refractivity contribution in [2.45, 2.75) is 19.8 Å². The van der Waals surface area contributed by atoms with Gasteiger partial charge in [0.25, 0.3) is 0 Å². The van der Waals surface area contributed by atoms with E-state index in [0.717, 1.165) is 22.5 Å². The van der Waals surface area contributed by atoms with Gasteiger partial charge in [-0.3, -0.25) is 9.78 Å². The molecule has 3 N–H and O–H groups in total. The highest BCUT2D eigenvalue weighted by Gasteiger charge is 2.35. The number of H-pyrrole nitrogens is 1. The third-order valence-corrected chi connectivity index (χ3v) is 3.49. The number of hydrogen-bond donors (Lipinski definition) is 2. The van der Waals surface area contributed by atoms with Crippen molar-refractivity contribution in [1.29, 1.82) is 5.26 Å². The maximum atomic E-state index is 9.42. The van der Waals surface area contributed by atoms with E-state index >= 15 is 0 Å². The fraction of sp³-hybridized carbons (Fsp3) is 0.308. The highest BCUT2D eigenvalue weighted by Crippen LogP contribution is 2.43. The maximum Gasteiger partial charge on any atom is 0.244 e. The molecule has 1 aliphatic rings. The van der Waals surface area contributed by atoms with Gasteiger partial charge < -0.3 is 10.5 Å². The fourth-order valence-corrected chi connectivity index (χ4v) is 2.61. The van der Waals surface area contributed by atoms with Gasteiger partial charge in [-0.05, 0) is 13.8 Å². The summed E-state index contributed by atoms with van der Waals surface area (Å²) in [4.78, 5) is 0. The number of aromatic nitrogens is 4. The predicted octanol–water partition coefficient (Wildman–Crippen LogP) is 0.978. The molecule has 2 aromatic heterocycles. The van der Waals surface area contributed by atoms with Gasteiger partial charge in [0, 0.05) is 30.1 Å². The molecule has 0 amide bonds. The van der Waals surface area contributed by atoms with Crippen molar-refractivity contribution >= 4 is 0 Å². The quantitative estimate of drug-likeness (QED) is 0.803. The van der Waals surface area contributed by atoms with Gasteiger partial charge in [-0.1, -0.05) is 0 Å². The van der Waals surface area contributed by atoms with Crippen LogP contribution in [0.3, 0.4) is 0 Å². The van der Waals surface area contributed by atoms with Gasteiger partial charge >= 0.3 is 0 Å². The Labute approximate surface area is 115 Å². The molecule has 20 heavy (non-hydrogen) atoms. The number of nitrogens with zero attached hydrogens (tertiary/aromatic N) is 4. The molecule has 0 aromatic carbocycles. The summed E-state index contributed by atoms with van der Waals surface area (Å²) in [7, 11) is 1.85. The van der Waals surface area contributed by atoms with Crippen molar-refractivity contribution in [3.63, 3.8) is 0 Å². The second kappa shape index (κ2) is 4.13. The van der Waals surface area contributed by atoms with Crippen LogP contribution in [0, 0.1) is 25.2 Å². The fourth-order valence-electron chi connectivity index (χ4n) is 2.61. The van der Waals surface area contributed by atoms with Gasteiger partial charge in [-0.25, -0.2) is 0 Å². The average molecular weight is 270 g/mol. The molecule has 3 rings (SSSR count). The van der Waals surface area contributed by atoms with Crippen molar-refractivity contribution in [3.8, 4) is 11.9 Å². The molecule has 1 atom stereocenters. The zero-order valence-corrected chi connectivity index (χ0v) is 11.4. The van der Waals surface area contributed by atoms with Crippen molar-refractivity contribution in [2.24, 2.45) is 12.8 Å². The molecule has 7 heteroatoms. The average Bonchev–Trinajstić information content (AvgIpc) is 2.91. The molecule has 0 fully saturated rings. The minimum Gasteiger partial charge on any atom is -0.420 e. The molecule has 0 saturated heterocycles. The SMILES string of the molecule is Cc1nn(C)cc1[C@H]1C(C#N)=C(N)Oc2n[nH]c(C)c21. The number of ether oxygens (including phenoxy) is 1. The Bertz CT molecular complexity index is 760. The highest BCUT2D eigenvalue weighted by molar-refractivity contribution is 5.55. The van der Waals surface area contributed by atoms with Gasteiger partial charge in [-0.15, -0.1) is 5.10 Å². The van der Waals surface area contributed by atoms with Crippen LogP contribution in [0.15, 0.2) is 17.7 Å². The van der Waals surface area contributed by atoms with E-state index < -0.39 is 0 Å². The molecule has 0 aliphatic carbocycles. The lowest BCUT2D eigenvalue weighted by Gasteiger charge is -2.22. The van der Waals surface area contributed by atoms with Crippen LogP contribution in [0.4, 0.5) is 0 Å². The minimum atomic E-state index is -0.295. The summed E-state index contributed by atoms with van der Waals surface area (Å²) in [5.41, 5.74) is 9.72. The summed E-state index contributed by atoms with van der Waals surface area (Å²) < 4.78 is 7.14. The molecule has 0 radical (unpaired) electrons. The number of nitrogens with two attached hydrogens (primary N) is 1. The molecule has 0 spiro atoms. The maximum absolute atomic E-state index is 9.42. The number of rotatable bonds is 1. The lowest BCUT2D eigenvalue weighted by Crippen LogP contribution is -2.21. The molecule has 3 heterocycles. The Kier molecular flexibility index (Phi) is 2.54. The van der Waals surface area contributed by atoms with E-state index in [1.54, 1.807) is 4.68 Å². The van der Waals surface area contributed by atoms with E-state index in [9.17, 15) is 5.26 Å². The monoisotopic (exact) mass is 270 g/mol. The number of allylic oxidation sites excluding steroid dienone is 1. The van der Waals surface area contributed by atoms with Gasteiger partial charge in [-0.2, -0.15) is 10.4 Å². The third-order valence-electron chi connectivity index (χ3n) is 3.49. The standard InChI is InChI=1S/C13H14N6O/c1-6-9(5-19(3)18-6)11-8(4-14)12(15)20-13-10(11)7(2)16-17-13/h5,11H,15H2,1-3H3,(H,16,17)/t11-/m1/s1. The van der Waals surface area contributed by atoms with Crippen molar-refractivity contribution < 1.29 is 4.74 Å². The zero-order valence-electron chi connectivity index (χ0n) is 11.4.